The van der Waals surface area contributed by atoms with Crippen LogP contribution in [-0.2, 0) is 4.79 Å². The van der Waals surface area contributed by atoms with Gasteiger partial charge in [-0.3, -0.25) is 9.79 Å². The van der Waals surface area contributed by atoms with E-state index in [9.17, 15) is 26.7 Å². The van der Waals surface area contributed by atoms with Crippen molar-refractivity contribution in [2.24, 2.45) is 10.9 Å². The van der Waals surface area contributed by atoms with Crippen LogP contribution < -0.4 is 10.1 Å². The molecule has 0 spiro atoms. The fraction of sp³-hybridized carbons (Fsp3) is 0.310. The summed E-state index contributed by atoms with van der Waals surface area (Å²) in [5, 5.41) is 2.93. The molecule has 4 rings (SSSR count). The molecule has 38 heavy (non-hydrogen) atoms. The lowest BCUT2D eigenvalue weighted by atomic mass is 9.89. The van der Waals surface area contributed by atoms with Gasteiger partial charge in [0.2, 0.25) is 5.91 Å². The number of nitrogens with zero attached hydrogens (tertiary/aromatic N) is 1. The van der Waals surface area contributed by atoms with Gasteiger partial charge in [-0.25, -0.2) is 8.78 Å². The van der Waals surface area contributed by atoms with Gasteiger partial charge in [-0.1, -0.05) is 62.2 Å². The number of benzene rings is 3. The van der Waals surface area contributed by atoms with E-state index in [1.165, 1.54) is 30.3 Å². The molecule has 0 aliphatic carbocycles. The standard InChI is InChI=1S/C29H27F5N2O2/c1-2-3-4-16-35-28(37)22-17-25(26-23(30)6-5-7-24(26)31)36-27(22)20-10-8-18(9-11-20)19-12-14-21(15-13-19)38-29(32,33)34/h5-15,22,27H,2-4,16-17H2,1H3,(H,35,37). The first-order valence-corrected chi connectivity index (χ1v) is 12.4. The number of hydrogen-bond donors (Lipinski definition) is 1. The quantitative estimate of drug-likeness (QED) is 0.232. The molecule has 2 atom stereocenters. The van der Waals surface area contributed by atoms with Gasteiger partial charge in [0.1, 0.15) is 17.4 Å². The average Bonchev–Trinajstić information content (AvgIpc) is 3.31. The zero-order chi connectivity index (χ0) is 27.3. The highest BCUT2D eigenvalue weighted by Gasteiger charge is 2.37. The van der Waals surface area contributed by atoms with Crippen LogP contribution in [0.2, 0.25) is 0 Å². The Bertz CT molecular complexity index is 1270. The Morgan fingerprint density at radius 3 is 2.13 bits per heavy atom. The monoisotopic (exact) mass is 530 g/mol. The van der Waals surface area contributed by atoms with E-state index in [0.717, 1.165) is 37.0 Å². The van der Waals surface area contributed by atoms with Crippen LogP contribution in [0.25, 0.3) is 11.1 Å². The number of hydrogen-bond acceptors (Lipinski definition) is 3. The summed E-state index contributed by atoms with van der Waals surface area (Å²) in [5.74, 6) is -2.67. The predicted octanol–water partition coefficient (Wildman–Crippen LogP) is 7.39. The lowest BCUT2D eigenvalue weighted by Crippen LogP contribution is -2.33. The molecular weight excluding hydrogens is 503 g/mol. The molecule has 200 valence electrons. The van der Waals surface area contributed by atoms with E-state index in [1.807, 2.05) is 0 Å². The summed E-state index contributed by atoms with van der Waals surface area (Å²) >= 11 is 0. The number of alkyl halides is 3. The van der Waals surface area contributed by atoms with E-state index >= 15 is 0 Å². The molecule has 1 aliphatic heterocycles. The van der Waals surface area contributed by atoms with Crippen LogP contribution in [0.4, 0.5) is 22.0 Å². The van der Waals surface area contributed by atoms with Crippen molar-refractivity contribution in [3.05, 3.63) is 89.5 Å². The minimum atomic E-state index is -4.77. The van der Waals surface area contributed by atoms with E-state index in [0.29, 0.717) is 17.7 Å². The van der Waals surface area contributed by atoms with Crippen molar-refractivity contribution in [2.45, 2.75) is 45.0 Å². The van der Waals surface area contributed by atoms with Crippen LogP contribution in [-0.4, -0.2) is 24.5 Å². The smallest absolute Gasteiger partial charge is 0.406 e. The van der Waals surface area contributed by atoms with Crippen LogP contribution >= 0.6 is 0 Å². The van der Waals surface area contributed by atoms with Gasteiger partial charge in [0.15, 0.2) is 0 Å². The zero-order valence-corrected chi connectivity index (χ0v) is 20.7. The van der Waals surface area contributed by atoms with Crippen molar-refractivity contribution in [3.63, 3.8) is 0 Å². The number of ether oxygens (including phenoxy) is 1. The first-order valence-electron chi connectivity index (χ1n) is 12.4. The number of carbonyl (C=O) groups is 1. The first-order chi connectivity index (χ1) is 18.2. The Kier molecular flexibility index (Phi) is 8.44. The zero-order valence-electron chi connectivity index (χ0n) is 20.7. The maximum absolute atomic E-state index is 14.5. The number of rotatable bonds is 9. The van der Waals surface area contributed by atoms with E-state index in [-0.39, 0.29) is 29.4 Å². The van der Waals surface area contributed by atoms with Crippen LogP contribution in [0.3, 0.4) is 0 Å². The Morgan fingerprint density at radius 1 is 0.947 bits per heavy atom. The molecule has 1 N–H and O–H groups in total. The van der Waals surface area contributed by atoms with Crippen molar-refractivity contribution in [3.8, 4) is 16.9 Å². The van der Waals surface area contributed by atoms with Gasteiger partial charge in [0.25, 0.3) is 0 Å². The van der Waals surface area contributed by atoms with Crippen molar-refractivity contribution in [2.75, 3.05) is 6.54 Å². The summed E-state index contributed by atoms with van der Waals surface area (Å²) in [6, 6.07) is 15.5. The molecule has 3 aromatic carbocycles. The van der Waals surface area contributed by atoms with E-state index in [1.54, 1.807) is 24.3 Å². The van der Waals surface area contributed by atoms with E-state index in [4.69, 9.17) is 0 Å². The van der Waals surface area contributed by atoms with Gasteiger partial charge >= 0.3 is 6.36 Å². The molecule has 0 aromatic heterocycles. The third-order valence-electron chi connectivity index (χ3n) is 6.43. The fourth-order valence-electron chi connectivity index (χ4n) is 4.55. The molecule has 3 aromatic rings. The Balaban J connectivity index is 1.59. The Morgan fingerprint density at radius 2 is 1.55 bits per heavy atom. The van der Waals surface area contributed by atoms with Crippen LogP contribution in [0, 0.1) is 17.6 Å². The van der Waals surface area contributed by atoms with Crippen molar-refractivity contribution in [1.82, 2.24) is 5.32 Å². The molecule has 9 heteroatoms. The number of aliphatic imine (C=N–C) groups is 1. The van der Waals surface area contributed by atoms with Crippen LogP contribution in [0.15, 0.2) is 71.7 Å². The molecule has 1 amide bonds. The second-order valence-electron chi connectivity index (χ2n) is 9.12. The second kappa shape index (κ2) is 11.8. The maximum Gasteiger partial charge on any atom is 0.573 e. The molecule has 0 bridgehead atoms. The molecule has 4 nitrogen and oxygen atoms in total. The van der Waals surface area contributed by atoms with Gasteiger partial charge in [-0.2, -0.15) is 0 Å². The molecule has 2 unspecified atom stereocenters. The lowest BCUT2D eigenvalue weighted by molar-refractivity contribution is -0.274. The maximum atomic E-state index is 14.5. The lowest BCUT2D eigenvalue weighted by Gasteiger charge is -2.18. The molecule has 1 aliphatic rings. The number of carbonyl (C=O) groups excluding carboxylic acids is 1. The van der Waals surface area contributed by atoms with Gasteiger partial charge in [0, 0.05) is 18.7 Å². The van der Waals surface area contributed by atoms with E-state index < -0.39 is 30.0 Å². The molecular formula is C29H27F5N2O2. The van der Waals surface area contributed by atoms with Gasteiger partial charge in [0.05, 0.1) is 17.5 Å². The summed E-state index contributed by atoms with van der Waals surface area (Å²) in [7, 11) is 0. The molecule has 0 radical (unpaired) electrons. The number of amides is 1. The summed E-state index contributed by atoms with van der Waals surface area (Å²) in [4.78, 5) is 17.7. The van der Waals surface area contributed by atoms with Crippen LogP contribution in [0.1, 0.15) is 49.8 Å². The van der Waals surface area contributed by atoms with Crippen LogP contribution in [0.5, 0.6) is 5.75 Å². The summed E-state index contributed by atoms with van der Waals surface area (Å²) in [6.07, 6.45) is -1.87. The van der Waals surface area contributed by atoms with E-state index in [2.05, 4.69) is 22.0 Å². The highest BCUT2D eigenvalue weighted by Crippen LogP contribution is 2.38. The number of halogens is 5. The number of nitrogens with one attached hydrogen (secondary N) is 1. The van der Waals surface area contributed by atoms with Gasteiger partial charge in [-0.15, -0.1) is 13.2 Å². The van der Waals surface area contributed by atoms with Gasteiger partial charge in [-0.05, 0) is 47.4 Å². The topological polar surface area (TPSA) is 50.7 Å². The third kappa shape index (κ3) is 6.57. The average molecular weight is 531 g/mol. The summed E-state index contributed by atoms with van der Waals surface area (Å²) in [6.45, 7) is 2.57. The Hall–Kier alpha value is -3.75. The van der Waals surface area contributed by atoms with Gasteiger partial charge < -0.3 is 10.1 Å². The predicted molar refractivity (Wildman–Crippen MR) is 135 cm³/mol. The second-order valence-corrected chi connectivity index (χ2v) is 9.12. The highest BCUT2D eigenvalue weighted by molar-refractivity contribution is 6.05. The largest absolute Gasteiger partial charge is 0.573 e. The molecule has 0 fully saturated rings. The third-order valence-corrected chi connectivity index (χ3v) is 6.43. The molecule has 0 saturated carbocycles. The normalized spacial score (nSPS) is 17.3. The SMILES string of the molecule is CCCCCNC(=O)C1CC(c2c(F)cccc2F)=NC1c1ccc(-c2ccc(OC(F)(F)F)cc2)cc1. The van der Waals surface area contributed by atoms with Crippen molar-refractivity contribution in [1.29, 1.82) is 0 Å². The Labute approximate surface area is 217 Å². The number of unbranched alkanes of at least 4 members (excludes halogenated alkanes) is 2. The molecule has 1 heterocycles. The first kappa shape index (κ1) is 27.3. The highest BCUT2D eigenvalue weighted by atomic mass is 19.4. The minimum absolute atomic E-state index is 0.0878. The minimum Gasteiger partial charge on any atom is -0.406 e. The summed E-state index contributed by atoms with van der Waals surface area (Å²) in [5.41, 5.74) is 2.06. The summed E-state index contributed by atoms with van der Waals surface area (Å²) < 4.78 is 70.2. The molecule has 0 saturated heterocycles. The van der Waals surface area contributed by atoms with Crippen molar-refractivity contribution >= 4 is 11.6 Å². The fourth-order valence-corrected chi connectivity index (χ4v) is 4.55. The van der Waals surface area contributed by atoms with Crippen molar-refractivity contribution < 1.29 is 31.5 Å².